The Morgan fingerprint density at radius 1 is 1.37 bits per heavy atom. The van der Waals surface area contributed by atoms with Crippen LogP contribution in [0, 0.1) is 11.3 Å². The summed E-state index contributed by atoms with van der Waals surface area (Å²) >= 11 is 0. The fraction of sp³-hybridized carbons (Fsp3) is 0.562. The van der Waals surface area contributed by atoms with Gasteiger partial charge >= 0.3 is 0 Å². The van der Waals surface area contributed by atoms with Gasteiger partial charge in [0.15, 0.2) is 0 Å². The van der Waals surface area contributed by atoms with Crippen LogP contribution in [0.3, 0.4) is 0 Å². The van der Waals surface area contributed by atoms with Crippen molar-refractivity contribution in [3.05, 3.63) is 29.8 Å². The van der Waals surface area contributed by atoms with Crippen molar-refractivity contribution >= 4 is 0 Å². The van der Waals surface area contributed by atoms with Crippen LogP contribution < -0.4 is 4.74 Å². The monoisotopic (exact) mass is 260 g/mol. The highest BCUT2D eigenvalue weighted by Gasteiger charge is 2.07. The Bertz CT molecular complexity index is 411. The normalized spacial score (nSPS) is 12.2. The first-order valence-electron chi connectivity index (χ1n) is 7.01. The maximum absolute atomic E-state index is 8.96. The van der Waals surface area contributed by atoms with Crippen molar-refractivity contribution in [2.75, 3.05) is 20.2 Å². The van der Waals surface area contributed by atoms with Crippen LogP contribution in [0.15, 0.2) is 24.3 Å². The van der Waals surface area contributed by atoms with Crippen LogP contribution in [-0.4, -0.2) is 31.1 Å². The molecule has 0 amide bonds. The molecule has 0 spiro atoms. The molecule has 0 radical (unpaired) electrons. The molecule has 0 aromatic heterocycles. The van der Waals surface area contributed by atoms with Gasteiger partial charge < -0.3 is 9.64 Å². The molecule has 0 fully saturated rings. The summed E-state index contributed by atoms with van der Waals surface area (Å²) in [6, 6.07) is 10.1. The van der Waals surface area contributed by atoms with Crippen molar-refractivity contribution in [2.24, 2.45) is 0 Å². The van der Waals surface area contributed by atoms with E-state index in [9.17, 15) is 0 Å². The number of hydrogen-bond acceptors (Lipinski definition) is 3. The van der Waals surface area contributed by atoms with E-state index in [4.69, 9.17) is 10.00 Å². The SMILES string of the molecule is CCCC(C)N(C)CCCOc1ccccc1C#N. The van der Waals surface area contributed by atoms with E-state index in [0.717, 1.165) is 13.0 Å². The number of benzene rings is 1. The Hall–Kier alpha value is -1.53. The van der Waals surface area contributed by atoms with Gasteiger partial charge in [-0.15, -0.1) is 0 Å². The number of hydrogen-bond donors (Lipinski definition) is 0. The molecule has 0 aliphatic carbocycles. The fourth-order valence-electron chi connectivity index (χ4n) is 2.04. The molecule has 0 aliphatic rings. The van der Waals surface area contributed by atoms with E-state index in [-0.39, 0.29) is 0 Å². The molecule has 1 rings (SSSR count). The molecule has 1 atom stereocenters. The summed E-state index contributed by atoms with van der Waals surface area (Å²) in [5.41, 5.74) is 0.607. The highest BCUT2D eigenvalue weighted by molar-refractivity contribution is 5.42. The van der Waals surface area contributed by atoms with E-state index >= 15 is 0 Å². The Morgan fingerprint density at radius 3 is 2.79 bits per heavy atom. The second-order valence-electron chi connectivity index (χ2n) is 4.93. The largest absolute Gasteiger partial charge is 0.492 e. The first kappa shape index (κ1) is 15.5. The van der Waals surface area contributed by atoms with Gasteiger partial charge in [0, 0.05) is 12.6 Å². The Kier molecular flexibility index (Phi) is 6.99. The minimum Gasteiger partial charge on any atom is -0.492 e. The number of rotatable bonds is 8. The van der Waals surface area contributed by atoms with Crippen LogP contribution in [0.25, 0.3) is 0 Å². The molecule has 3 heteroatoms. The number of para-hydroxylation sites is 1. The molecular formula is C16H24N2O. The number of nitrogens with zero attached hydrogens (tertiary/aromatic N) is 2. The average molecular weight is 260 g/mol. The first-order chi connectivity index (χ1) is 9.19. The third-order valence-corrected chi connectivity index (χ3v) is 3.38. The molecule has 0 saturated carbocycles. The minimum absolute atomic E-state index is 0.607. The van der Waals surface area contributed by atoms with Gasteiger partial charge in [0.1, 0.15) is 11.8 Å². The molecular weight excluding hydrogens is 236 g/mol. The summed E-state index contributed by atoms with van der Waals surface area (Å²) in [5, 5.41) is 8.96. The first-order valence-corrected chi connectivity index (χ1v) is 7.01. The minimum atomic E-state index is 0.607. The molecule has 0 heterocycles. The quantitative estimate of drug-likeness (QED) is 0.672. The van der Waals surface area contributed by atoms with Crippen molar-refractivity contribution in [1.82, 2.24) is 4.90 Å². The van der Waals surface area contributed by atoms with Crippen molar-refractivity contribution in [1.29, 1.82) is 5.26 Å². The summed E-state index contributed by atoms with van der Waals surface area (Å²) in [4.78, 5) is 2.36. The summed E-state index contributed by atoms with van der Waals surface area (Å²) in [6.45, 7) is 6.15. The highest BCUT2D eigenvalue weighted by Crippen LogP contribution is 2.16. The predicted octanol–water partition coefficient (Wildman–Crippen LogP) is 3.45. The van der Waals surface area contributed by atoms with Crippen LogP contribution in [0.2, 0.25) is 0 Å². The van der Waals surface area contributed by atoms with Gasteiger partial charge in [-0.1, -0.05) is 25.5 Å². The molecule has 0 aliphatic heterocycles. The van der Waals surface area contributed by atoms with Gasteiger partial charge in [-0.2, -0.15) is 5.26 Å². The van der Waals surface area contributed by atoms with Gasteiger partial charge in [-0.05, 0) is 38.9 Å². The van der Waals surface area contributed by atoms with E-state index in [0.29, 0.717) is 24.0 Å². The van der Waals surface area contributed by atoms with Crippen LogP contribution in [0.1, 0.15) is 38.7 Å². The summed E-state index contributed by atoms with van der Waals surface area (Å²) in [7, 11) is 2.16. The van der Waals surface area contributed by atoms with E-state index in [1.165, 1.54) is 12.8 Å². The summed E-state index contributed by atoms with van der Waals surface area (Å²) in [5.74, 6) is 0.689. The lowest BCUT2D eigenvalue weighted by Gasteiger charge is -2.24. The molecule has 3 nitrogen and oxygen atoms in total. The molecule has 1 unspecified atom stereocenters. The molecule has 0 bridgehead atoms. The number of ether oxygens (including phenoxy) is 1. The lowest BCUT2D eigenvalue weighted by molar-refractivity contribution is 0.216. The summed E-state index contributed by atoms with van der Waals surface area (Å²) < 4.78 is 5.67. The second kappa shape index (κ2) is 8.55. The van der Waals surface area contributed by atoms with Gasteiger partial charge in [-0.25, -0.2) is 0 Å². The average Bonchev–Trinajstić information content (AvgIpc) is 2.44. The van der Waals surface area contributed by atoms with Crippen molar-refractivity contribution < 1.29 is 4.74 Å². The van der Waals surface area contributed by atoms with Gasteiger partial charge in [0.2, 0.25) is 0 Å². The zero-order chi connectivity index (χ0) is 14.1. The third kappa shape index (κ3) is 5.32. The Balaban J connectivity index is 2.29. The Morgan fingerprint density at radius 2 is 2.11 bits per heavy atom. The van der Waals surface area contributed by atoms with Gasteiger partial charge in [0.05, 0.1) is 12.2 Å². The van der Waals surface area contributed by atoms with Gasteiger partial charge in [-0.3, -0.25) is 0 Å². The van der Waals surface area contributed by atoms with E-state index in [2.05, 4.69) is 31.9 Å². The number of nitriles is 1. The zero-order valence-electron chi connectivity index (χ0n) is 12.2. The van der Waals surface area contributed by atoms with E-state index < -0.39 is 0 Å². The summed E-state index contributed by atoms with van der Waals surface area (Å²) in [6.07, 6.45) is 3.43. The standard InChI is InChI=1S/C16H24N2O/c1-4-8-14(2)18(3)11-7-12-19-16-10-6-5-9-15(16)13-17/h5-6,9-10,14H,4,7-8,11-12H2,1-3H3. The van der Waals surface area contributed by atoms with Crippen LogP contribution >= 0.6 is 0 Å². The van der Waals surface area contributed by atoms with Crippen molar-refractivity contribution in [3.8, 4) is 11.8 Å². The molecule has 104 valence electrons. The lowest BCUT2D eigenvalue weighted by atomic mass is 10.1. The predicted molar refractivity (Wildman–Crippen MR) is 78.3 cm³/mol. The second-order valence-corrected chi connectivity index (χ2v) is 4.93. The topological polar surface area (TPSA) is 36.3 Å². The van der Waals surface area contributed by atoms with Gasteiger partial charge in [0.25, 0.3) is 0 Å². The lowest BCUT2D eigenvalue weighted by Crippen LogP contribution is -2.30. The van der Waals surface area contributed by atoms with Crippen molar-refractivity contribution in [3.63, 3.8) is 0 Å². The highest BCUT2D eigenvalue weighted by atomic mass is 16.5. The van der Waals surface area contributed by atoms with Crippen LogP contribution in [-0.2, 0) is 0 Å². The molecule has 1 aromatic carbocycles. The zero-order valence-corrected chi connectivity index (χ0v) is 12.2. The maximum atomic E-state index is 8.96. The maximum Gasteiger partial charge on any atom is 0.137 e. The van der Waals surface area contributed by atoms with E-state index in [1.54, 1.807) is 6.07 Å². The van der Waals surface area contributed by atoms with E-state index in [1.807, 2.05) is 18.2 Å². The fourth-order valence-corrected chi connectivity index (χ4v) is 2.04. The molecule has 0 N–H and O–H groups in total. The Labute approximate surface area is 116 Å². The molecule has 19 heavy (non-hydrogen) atoms. The van der Waals surface area contributed by atoms with Crippen molar-refractivity contribution in [2.45, 2.75) is 39.2 Å². The third-order valence-electron chi connectivity index (χ3n) is 3.38. The molecule has 1 aromatic rings. The van der Waals surface area contributed by atoms with Crippen LogP contribution in [0.5, 0.6) is 5.75 Å². The van der Waals surface area contributed by atoms with Crippen LogP contribution in [0.4, 0.5) is 0 Å². The smallest absolute Gasteiger partial charge is 0.137 e. The molecule has 0 saturated heterocycles.